The number of nitrogens with two attached hydrogens (primary N) is 1. The van der Waals surface area contributed by atoms with Crippen molar-refractivity contribution in [1.82, 2.24) is 10.2 Å². The van der Waals surface area contributed by atoms with Crippen molar-refractivity contribution in [2.75, 3.05) is 37.6 Å². The average molecular weight is 412 g/mol. The molecular weight excluding hydrogens is 383 g/mol. The van der Waals surface area contributed by atoms with Gasteiger partial charge < -0.3 is 16.0 Å². The maximum Gasteiger partial charge on any atom is 0.240 e. The van der Waals surface area contributed by atoms with Crippen LogP contribution in [0.2, 0.25) is 0 Å². The number of amides is 1. The van der Waals surface area contributed by atoms with E-state index in [-0.39, 0.29) is 43.1 Å². The van der Waals surface area contributed by atoms with E-state index in [1.807, 2.05) is 0 Å². The van der Waals surface area contributed by atoms with Gasteiger partial charge in [0.25, 0.3) is 0 Å². The van der Waals surface area contributed by atoms with Gasteiger partial charge in [-0.15, -0.1) is 37.2 Å². The highest BCUT2D eigenvalue weighted by Gasteiger charge is 2.45. The number of halogens is 3. The number of anilines is 1. The molecule has 0 radical (unpaired) electrons. The second kappa shape index (κ2) is 10.4. The van der Waals surface area contributed by atoms with Crippen molar-refractivity contribution in [3.05, 3.63) is 30.3 Å². The fourth-order valence-corrected chi connectivity index (χ4v) is 2.97. The van der Waals surface area contributed by atoms with Crippen LogP contribution in [0.3, 0.4) is 0 Å². The minimum absolute atomic E-state index is 0. The monoisotopic (exact) mass is 410 g/mol. The normalized spacial score (nSPS) is 19.5. The van der Waals surface area contributed by atoms with Crippen LogP contribution in [0, 0.1) is 0 Å². The number of hydrogen-bond acceptors (Lipinski definition) is 4. The van der Waals surface area contributed by atoms with E-state index in [1.165, 1.54) is 5.69 Å². The third-order valence-corrected chi connectivity index (χ3v) is 4.86. The molecule has 2 fully saturated rings. The number of hydrogen-bond donors (Lipinski definition) is 2. The molecule has 1 saturated heterocycles. The van der Waals surface area contributed by atoms with Crippen molar-refractivity contribution >= 4 is 48.8 Å². The van der Waals surface area contributed by atoms with Gasteiger partial charge in [0.05, 0.1) is 5.54 Å². The van der Waals surface area contributed by atoms with Gasteiger partial charge in [0.15, 0.2) is 0 Å². The summed E-state index contributed by atoms with van der Waals surface area (Å²) in [4.78, 5) is 16.7. The molecule has 1 aromatic rings. The lowest BCUT2D eigenvalue weighted by Gasteiger charge is -2.39. The first-order valence-electron chi connectivity index (χ1n) is 8.20. The minimum atomic E-state index is -0.564. The van der Waals surface area contributed by atoms with Crippen molar-refractivity contribution in [3.8, 4) is 0 Å². The zero-order valence-corrected chi connectivity index (χ0v) is 17.0. The zero-order chi connectivity index (χ0) is 15.6. The maximum absolute atomic E-state index is 11.9. The Hall–Kier alpha value is -0.720. The van der Waals surface area contributed by atoms with Gasteiger partial charge in [0.2, 0.25) is 5.91 Å². The molecule has 1 aromatic carbocycles. The Morgan fingerprint density at radius 1 is 1.12 bits per heavy atom. The van der Waals surface area contributed by atoms with Crippen molar-refractivity contribution in [1.29, 1.82) is 0 Å². The lowest BCUT2D eigenvalue weighted by atomic mass is 10.2. The minimum Gasteiger partial charge on any atom is -0.369 e. The van der Waals surface area contributed by atoms with Crippen LogP contribution in [0.25, 0.3) is 0 Å². The Labute approximate surface area is 168 Å². The van der Waals surface area contributed by atoms with Gasteiger partial charge in [0.1, 0.15) is 0 Å². The van der Waals surface area contributed by atoms with Gasteiger partial charge >= 0.3 is 0 Å². The largest absolute Gasteiger partial charge is 0.369 e. The van der Waals surface area contributed by atoms with E-state index < -0.39 is 5.54 Å². The molecule has 8 heteroatoms. The summed E-state index contributed by atoms with van der Waals surface area (Å²) in [7, 11) is 0. The quantitative estimate of drug-likeness (QED) is 0.778. The highest BCUT2D eigenvalue weighted by atomic mass is 35.5. The first-order chi connectivity index (χ1) is 10.6. The summed E-state index contributed by atoms with van der Waals surface area (Å²) in [6.45, 7) is 6.98. The van der Waals surface area contributed by atoms with E-state index in [0.29, 0.717) is 12.6 Å². The SMILES string of the molecule is CC(CNC(=O)C1(N)CC1)N1CCN(c2ccccc2)CC1.Cl.Cl.Cl. The van der Waals surface area contributed by atoms with Crippen molar-refractivity contribution in [2.45, 2.75) is 31.3 Å². The molecule has 5 nitrogen and oxygen atoms in total. The Morgan fingerprint density at radius 3 is 2.20 bits per heavy atom. The maximum atomic E-state index is 11.9. The van der Waals surface area contributed by atoms with E-state index in [1.54, 1.807) is 0 Å². The summed E-state index contributed by atoms with van der Waals surface area (Å²) in [6, 6.07) is 10.9. The first kappa shape index (κ1) is 24.3. The van der Waals surface area contributed by atoms with E-state index >= 15 is 0 Å². The molecule has 1 unspecified atom stereocenters. The molecule has 1 saturated carbocycles. The fraction of sp³-hybridized carbons (Fsp3) is 0.588. The molecule has 25 heavy (non-hydrogen) atoms. The van der Waals surface area contributed by atoms with Gasteiger partial charge in [-0.3, -0.25) is 9.69 Å². The summed E-state index contributed by atoms with van der Waals surface area (Å²) >= 11 is 0. The van der Waals surface area contributed by atoms with E-state index in [4.69, 9.17) is 5.73 Å². The summed E-state index contributed by atoms with van der Waals surface area (Å²) < 4.78 is 0. The highest BCUT2D eigenvalue weighted by Crippen LogP contribution is 2.32. The first-order valence-corrected chi connectivity index (χ1v) is 8.20. The summed E-state index contributed by atoms with van der Waals surface area (Å²) in [5.74, 6) is 0.0160. The Kier molecular flexibility index (Phi) is 10.1. The van der Waals surface area contributed by atoms with Crippen LogP contribution in [0.4, 0.5) is 5.69 Å². The van der Waals surface area contributed by atoms with Gasteiger partial charge in [-0.2, -0.15) is 0 Å². The number of carbonyl (C=O) groups is 1. The second-order valence-electron chi connectivity index (χ2n) is 6.57. The number of benzene rings is 1. The van der Waals surface area contributed by atoms with Crippen LogP contribution in [0.5, 0.6) is 0 Å². The number of rotatable bonds is 5. The molecule has 2 aliphatic rings. The molecule has 1 aliphatic heterocycles. The Bertz CT molecular complexity index is 520. The highest BCUT2D eigenvalue weighted by molar-refractivity contribution is 5.89. The number of nitrogens with one attached hydrogen (secondary N) is 1. The second-order valence-corrected chi connectivity index (χ2v) is 6.57. The van der Waals surface area contributed by atoms with Crippen molar-refractivity contribution < 1.29 is 4.79 Å². The lowest BCUT2D eigenvalue weighted by molar-refractivity contribution is -0.123. The van der Waals surface area contributed by atoms with Crippen LogP contribution in [0.1, 0.15) is 19.8 Å². The molecule has 144 valence electrons. The topological polar surface area (TPSA) is 61.6 Å². The predicted octanol–water partition coefficient (Wildman–Crippen LogP) is 2.07. The third kappa shape index (κ3) is 6.19. The molecule has 1 amide bonds. The van der Waals surface area contributed by atoms with E-state index in [0.717, 1.165) is 39.0 Å². The molecule has 0 bridgehead atoms. The molecular formula is C17H29Cl3N4O. The molecule has 1 atom stereocenters. The number of para-hydroxylation sites is 1. The Morgan fingerprint density at radius 2 is 1.68 bits per heavy atom. The van der Waals surface area contributed by atoms with Crippen LogP contribution in [-0.2, 0) is 4.79 Å². The van der Waals surface area contributed by atoms with Crippen molar-refractivity contribution in [3.63, 3.8) is 0 Å². The summed E-state index contributed by atoms with van der Waals surface area (Å²) in [6.07, 6.45) is 1.64. The number of piperazine rings is 1. The van der Waals surface area contributed by atoms with Crippen LogP contribution >= 0.6 is 37.2 Å². The molecule has 3 rings (SSSR count). The van der Waals surface area contributed by atoms with Gasteiger partial charge in [-0.05, 0) is 31.9 Å². The fourth-order valence-electron chi connectivity index (χ4n) is 2.97. The number of carbonyl (C=O) groups excluding carboxylic acids is 1. The third-order valence-electron chi connectivity index (χ3n) is 4.86. The van der Waals surface area contributed by atoms with Crippen molar-refractivity contribution in [2.24, 2.45) is 5.73 Å². The predicted molar refractivity (Wildman–Crippen MR) is 111 cm³/mol. The molecule has 1 aliphatic carbocycles. The standard InChI is InChI=1S/C17H26N4O.3ClH/c1-14(13-19-16(22)17(18)7-8-17)20-9-11-21(12-10-20)15-5-3-2-4-6-15;;;/h2-6,14H,7-13,18H2,1H3,(H,19,22);3*1H. The van der Waals surface area contributed by atoms with E-state index in [2.05, 4.69) is 52.4 Å². The molecule has 0 spiro atoms. The Balaban J connectivity index is 0.00000192. The lowest BCUT2D eigenvalue weighted by Crippen LogP contribution is -2.53. The van der Waals surface area contributed by atoms with Crippen LogP contribution < -0.4 is 16.0 Å². The number of nitrogens with zero attached hydrogens (tertiary/aromatic N) is 2. The molecule has 0 aromatic heterocycles. The summed E-state index contributed by atoms with van der Waals surface area (Å²) in [5.41, 5.74) is 6.63. The van der Waals surface area contributed by atoms with Gasteiger partial charge in [-0.25, -0.2) is 0 Å². The molecule has 1 heterocycles. The van der Waals surface area contributed by atoms with Crippen LogP contribution in [-0.4, -0.2) is 55.1 Å². The zero-order valence-electron chi connectivity index (χ0n) is 14.5. The van der Waals surface area contributed by atoms with Crippen LogP contribution in [0.15, 0.2) is 30.3 Å². The summed E-state index contributed by atoms with van der Waals surface area (Å²) in [5, 5.41) is 3.01. The average Bonchev–Trinajstić information content (AvgIpc) is 3.32. The molecule has 3 N–H and O–H groups in total. The van der Waals surface area contributed by atoms with Gasteiger partial charge in [-0.1, -0.05) is 18.2 Å². The van der Waals surface area contributed by atoms with Gasteiger partial charge in [0, 0.05) is 44.5 Å². The smallest absolute Gasteiger partial charge is 0.240 e. The van der Waals surface area contributed by atoms with E-state index in [9.17, 15) is 4.79 Å².